The van der Waals surface area contributed by atoms with Crippen LogP contribution in [-0.2, 0) is 11.2 Å². The maximum Gasteiger partial charge on any atom is 0.233 e. The standard InChI is InChI=1S/C15H23FN2O/c1-12(2)7-9-17-11-15(19)18-10-8-13-5-3-4-6-14(13)16/h3-6,12,17H,7-11H2,1-2H3,(H,18,19). The van der Waals surface area contributed by atoms with Crippen molar-refractivity contribution < 1.29 is 9.18 Å². The van der Waals surface area contributed by atoms with Crippen LogP contribution in [0.1, 0.15) is 25.8 Å². The van der Waals surface area contributed by atoms with Gasteiger partial charge in [0.15, 0.2) is 0 Å². The number of amides is 1. The van der Waals surface area contributed by atoms with Gasteiger partial charge in [0, 0.05) is 6.54 Å². The van der Waals surface area contributed by atoms with Gasteiger partial charge in [0.25, 0.3) is 0 Å². The number of nitrogens with one attached hydrogen (secondary N) is 2. The van der Waals surface area contributed by atoms with Gasteiger partial charge in [-0.2, -0.15) is 0 Å². The highest BCUT2D eigenvalue weighted by molar-refractivity contribution is 5.77. The molecule has 1 aromatic carbocycles. The van der Waals surface area contributed by atoms with E-state index in [9.17, 15) is 9.18 Å². The van der Waals surface area contributed by atoms with Crippen LogP contribution in [-0.4, -0.2) is 25.5 Å². The van der Waals surface area contributed by atoms with Crippen LogP contribution in [0.5, 0.6) is 0 Å². The molecule has 0 fully saturated rings. The van der Waals surface area contributed by atoms with Gasteiger partial charge in [-0.1, -0.05) is 32.0 Å². The zero-order valence-electron chi connectivity index (χ0n) is 11.7. The van der Waals surface area contributed by atoms with Crippen molar-refractivity contribution in [3.05, 3.63) is 35.6 Å². The summed E-state index contributed by atoms with van der Waals surface area (Å²) < 4.78 is 13.3. The molecule has 0 atom stereocenters. The summed E-state index contributed by atoms with van der Waals surface area (Å²) in [5.74, 6) is 0.378. The topological polar surface area (TPSA) is 41.1 Å². The Bertz CT molecular complexity index is 393. The molecule has 0 unspecified atom stereocenters. The summed E-state index contributed by atoms with van der Waals surface area (Å²) in [4.78, 5) is 11.5. The first-order valence-corrected chi connectivity index (χ1v) is 6.80. The van der Waals surface area contributed by atoms with E-state index in [2.05, 4.69) is 24.5 Å². The van der Waals surface area contributed by atoms with Crippen molar-refractivity contribution in [2.45, 2.75) is 26.7 Å². The molecule has 0 aliphatic carbocycles. The second-order valence-corrected chi connectivity index (χ2v) is 5.05. The third kappa shape index (κ3) is 6.91. The Balaban J connectivity index is 2.12. The molecule has 0 aliphatic heterocycles. The van der Waals surface area contributed by atoms with Crippen LogP contribution >= 0.6 is 0 Å². The maximum absolute atomic E-state index is 13.3. The number of halogens is 1. The summed E-state index contributed by atoms with van der Waals surface area (Å²) in [6, 6.07) is 6.64. The van der Waals surface area contributed by atoms with Crippen molar-refractivity contribution >= 4 is 5.91 Å². The van der Waals surface area contributed by atoms with E-state index in [1.807, 2.05) is 0 Å². The van der Waals surface area contributed by atoms with Gasteiger partial charge < -0.3 is 10.6 Å². The fraction of sp³-hybridized carbons (Fsp3) is 0.533. The van der Waals surface area contributed by atoms with E-state index < -0.39 is 0 Å². The summed E-state index contributed by atoms with van der Waals surface area (Å²) in [5, 5.41) is 5.87. The smallest absolute Gasteiger partial charge is 0.233 e. The van der Waals surface area contributed by atoms with E-state index in [-0.39, 0.29) is 11.7 Å². The van der Waals surface area contributed by atoms with Crippen molar-refractivity contribution in [2.24, 2.45) is 5.92 Å². The van der Waals surface area contributed by atoms with E-state index >= 15 is 0 Å². The molecule has 0 radical (unpaired) electrons. The lowest BCUT2D eigenvalue weighted by molar-refractivity contribution is -0.120. The van der Waals surface area contributed by atoms with Crippen molar-refractivity contribution in [3.8, 4) is 0 Å². The molecule has 4 heteroatoms. The van der Waals surface area contributed by atoms with Crippen LogP contribution in [0.4, 0.5) is 4.39 Å². The molecule has 1 amide bonds. The number of carbonyl (C=O) groups excluding carboxylic acids is 1. The molecule has 3 nitrogen and oxygen atoms in total. The van der Waals surface area contributed by atoms with Crippen LogP contribution in [0.25, 0.3) is 0 Å². The summed E-state index contributed by atoms with van der Waals surface area (Å²) >= 11 is 0. The van der Waals surface area contributed by atoms with Crippen LogP contribution in [0, 0.1) is 11.7 Å². The van der Waals surface area contributed by atoms with Gasteiger partial charge in [0.2, 0.25) is 5.91 Å². The third-order valence-corrected chi connectivity index (χ3v) is 2.86. The van der Waals surface area contributed by atoms with Crippen LogP contribution < -0.4 is 10.6 Å². The fourth-order valence-corrected chi connectivity index (χ4v) is 1.69. The van der Waals surface area contributed by atoms with Gasteiger partial charge >= 0.3 is 0 Å². The predicted octanol–water partition coefficient (Wildman–Crippen LogP) is 2.12. The minimum Gasteiger partial charge on any atom is -0.355 e. The summed E-state index contributed by atoms with van der Waals surface area (Å²) in [6.07, 6.45) is 1.58. The lowest BCUT2D eigenvalue weighted by Gasteiger charge is -2.08. The molecule has 106 valence electrons. The van der Waals surface area contributed by atoms with Gasteiger partial charge in [-0.05, 0) is 36.9 Å². The minimum atomic E-state index is -0.216. The van der Waals surface area contributed by atoms with Crippen LogP contribution in [0.15, 0.2) is 24.3 Å². The summed E-state index contributed by atoms with van der Waals surface area (Å²) in [6.45, 7) is 5.93. The normalized spacial score (nSPS) is 10.7. The Labute approximate surface area is 114 Å². The second kappa shape index (κ2) is 8.64. The quantitative estimate of drug-likeness (QED) is 0.708. The number of benzene rings is 1. The summed E-state index contributed by atoms with van der Waals surface area (Å²) in [7, 11) is 0. The molecular formula is C15H23FN2O. The molecule has 0 heterocycles. The molecule has 0 spiro atoms. The largest absolute Gasteiger partial charge is 0.355 e. The van der Waals surface area contributed by atoms with Gasteiger partial charge in [0.1, 0.15) is 5.82 Å². The second-order valence-electron chi connectivity index (χ2n) is 5.05. The molecule has 1 rings (SSSR count). The van der Waals surface area contributed by atoms with Gasteiger partial charge in [-0.25, -0.2) is 4.39 Å². The average Bonchev–Trinajstić information content (AvgIpc) is 2.37. The Morgan fingerprint density at radius 3 is 2.68 bits per heavy atom. The van der Waals surface area contributed by atoms with Crippen molar-refractivity contribution in [3.63, 3.8) is 0 Å². The first kappa shape index (κ1) is 15.6. The van der Waals surface area contributed by atoms with E-state index in [1.54, 1.807) is 18.2 Å². The number of rotatable bonds is 8. The predicted molar refractivity (Wildman–Crippen MR) is 75.4 cm³/mol. The SMILES string of the molecule is CC(C)CCNCC(=O)NCCc1ccccc1F. The molecule has 0 aromatic heterocycles. The molecule has 0 aliphatic rings. The highest BCUT2D eigenvalue weighted by Gasteiger charge is 2.03. The maximum atomic E-state index is 13.3. The molecule has 1 aromatic rings. The molecule has 2 N–H and O–H groups in total. The van der Waals surface area contributed by atoms with E-state index in [4.69, 9.17) is 0 Å². The highest BCUT2D eigenvalue weighted by atomic mass is 19.1. The van der Waals surface area contributed by atoms with Crippen molar-refractivity contribution in [2.75, 3.05) is 19.6 Å². The Hall–Kier alpha value is -1.42. The van der Waals surface area contributed by atoms with E-state index in [1.165, 1.54) is 6.07 Å². The lowest BCUT2D eigenvalue weighted by Crippen LogP contribution is -2.35. The fourth-order valence-electron chi connectivity index (χ4n) is 1.69. The third-order valence-electron chi connectivity index (χ3n) is 2.86. The average molecular weight is 266 g/mol. The van der Waals surface area contributed by atoms with Gasteiger partial charge in [-0.15, -0.1) is 0 Å². The van der Waals surface area contributed by atoms with E-state index in [0.717, 1.165) is 13.0 Å². The first-order chi connectivity index (χ1) is 9.09. The number of hydrogen-bond acceptors (Lipinski definition) is 2. The zero-order valence-corrected chi connectivity index (χ0v) is 11.7. The Kier molecular flexibility index (Phi) is 7.11. The molecule has 0 saturated heterocycles. The number of hydrogen-bond donors (Lipinski definition) is 2. The van der Waals surface area contributed by atoms with Crippen LogP contribution in [0.3, 0.4) is 0 Å². The minimum absolute atomic E-state index is 0.0416. The van der Waals surface area contributed by atoms with Crippen LogP contribution in [0.2, 0.25) is 0 Å². The van der Waals surface area contributed by atoms with Gasteiger partial charge in [0.05, 0.1) is 6.54 Å². The van der Waals surface area contributed by atoms with E-state index in [0.29, 0.717) is 31.0 Å². The van der Waals surface area contributed by atoms with Crippen molar-refractivity contribution in [1.82, 2.24) is 10.6 Å². The molecular weight excluding hydrogens is 243 g/mol. The number of carbonyl (C=O) groups is 1. The highest BCUT2D eigenvalue weighted by Crippen LogP contribution is 2.05. The monoisotopic (exact) mass is 266 g/mol. The molecule has 0 saturated carbocycles. The lowest BCUT2D eigenvalue weighted by atomic mass is 10.1. The Morgan fingerprint density at radius 2 is 2.00 bits per heavy atom. The Morgan fingerprint density at radius 1 is 1.26 bits per heavy atom. The van der Waals surface area contributed by atoms with Gasteiger partial charge in [-0.3, -0.25) is 4.79 Å². The molecule has 0 bridgehead atoms. The summed E-state index contributed by atoms with van der Waals surface area (Å²) in [5.41, 5.74) is 0.635. The zero-order chi connectivity index (χ0) is 14.1. The first-order valence-electron chi connectivity index (χ1n) is 6.80. The molecule has 19 heavy (non-hydrogen) atoms. The van der Waals surface area contributed by atoms with Crippen molar-refractivity contribution in [1.29, 1.82) is 0 Å².